The van der Waals surface area contributed by atoms with Crippen LogP contribution in [0.3, 0.4) is 0 Å². The monoisotopic (exact) mass is 366 g/mol. The number of anilines is 1. The van der Waals surface area contributed by atoms with Crippen molar-refractivity contribution in [2.45, 2.75) is 24.5 Å². The lowest BCUT2D eigenvalue weighted by Gasteiger charge is -2.17. The van der Waals surface area contributed by atoms with Crippen molar-refractivity contribution < 1.29 is 20.1 Å². The summed E-state index contributed by atoms with van der Waals surface area (Å²) in [6.45, 7) is -0.398. The molecule has 1 fully saturated rings. The molecule has 0 bridgehead atoms. The Labute approximate surface area is 147 Å². The Morgan fingerprint density at radius 3 is 2.60 bits per heavy atom. The second-order valence-electron chi connectivity index (χ2n) is 6.70. The van der Waals surface area contributed by atoms with Gasteiger partial charge in [-0.1, -0.05) is 5.92 Å². The molecular formula is C16H22N4O4S. The predicted octanol–water partition coefficient (Wildman–Crippen LogP) is -0.372. The molecule has 5 N–H and O–H groups in total. The fourth-order valence-electron chi connectivity index (χ4n) is 2.72. The van der Waals surface area contributed by atoms with Gasteiger partial charge < -0.3 is 30.4 Å². The number of nitrogens with zero attached hydrogens (tertiary/aromatic N) is 3. The van der Waals surface area contributed by atoms with E-state index in [1.54, 1.807) is 10.8 Å². The summed E-state index contributed by atoms with van der Waals surface area (Å²) in [5.74, 6) is 3.40. The Kier molecular flexibility index (Phi) is 4.66. The van der Waals surface area contributed by atoms with Crippen LogP contribution in [0.25, 0.3) is 11.0 Å². The molecular weight excluding hydrogens is 344 g/mol. The van der Waals surface area contributed by atoms with Gasteiger partial charge in [0.05, 0.1) is 17.6 Å². The Morgan fingerprint density at radius 2 is 2.00 bits per heavy atom. The maximum absolute atomic E-state index is 10.3. The fourth-order valence-corrected chi connectivity index (χ4v) is 3.13. The summed E-state index contributed by atoms with van der Waals surface area (Å²) in [5, 5.41) is 33.4. The second-order valence-corrected chi connectivity index (χ2v) is 10.6. The molecule has 8 nitrogen and oxygen atoms in total. The topological polar surface area (TPSA) is 127 Å². The minimum absolute atomic E-state index is 0.281. The molecule has 9 heteroatoms. The van der Waals surface area contributed by atoms with E-state index >= 15 is 0 Å². The van der Waals surface area contributed by atoms with Gasteiger partial charge in [-0.05, 0) is 24.0 Å². The van der Waals surface area contributed by atoms with Crippen LogP contribution in [0.15, 0.2) is 12.5 Å². The number of fused-ring (bicyclic) bond motifs is 1. The summed E-state index contributed by atoms with van der Waals surface area (Å²) in [5.41, 5.74) is 7.09. The first-order valence-corrected chi connectivity index (χ1v) is 10.5. The maximum atomic E-state index is 10.3. The normalized spacial score (nSPS) is 27.3. The Morgan fingerprint density at radius 1 is 1.28 bits per heavy atom. The summed E-state index contributed by atoms with van der Waals surface area (Å²) >= 11 is 0. The summed E-state index contributed by atoms with van der Waals surface area (Å²) in [7, 11) is -1.05. The zero-order valence-corrected chi connectivity index (χ0v) is 15.1. The molecule has 0 radical (unpaired) electrons. The van der Waals surface area contributed by atoms with E-state index in [-0.39, 0.29) is 5.82 Å². The third kappa shape index (κ3) is 3.31. The van der Waals surface area contributed by atoms with Gasteiger partial charge in [-0.15, -0.1) is 0 Å². The zero-order valence-electron chi connectivity index (χ0n) is 14.2. The molecule has 1 aliphatic heterocycles. The highest BCUT2D eigenvalue weighted by Crippen LogP contribution is 2.36. The molecule has 0 aliphatic carbocycles. The first-order valence-electron chi connectivity index (χ1n) is 7.67. The third-order valence-electron chi connectivity index (χ3n) is 3.92. The molecule has 4 atom stereocenters. The van der Waals surface area contributed by atoms with Gasteiger partial charge in [-0.2, -0.15) is 10.0 Å². The molecule has 4 unspecified atom stereocenters. The highest BCUT2D eigenvalue weighted by Gasteiger charge is 2.44. The Bertz CT molecular complexity index is 851. The van der Waals surface area contributed by atoms with Crippen LogP contribution in [0, 0.1) is 11.2 Å². The highest BCUT2D eigenvalue weighted by molar-refractivity contribution is 8.35. The van der Waals surface area contributed by atoms with Crippen molar-refractivity contribution in [1.29, 1.82) is 0 Å². The van der Waals surface area contributed by atoms with Crippen molar-refractivity contribution in [3.05, 3.63) is 18.1 Å². The smallest absolute Gasteiger partial charge is 0.164 e. The van der Waals surface area contributed by atoms with E-state index in [1.165, 1.54) is 6.33 Å². The van der Waals surface area contributed by atoms with Crippen molar-refractivity contribution in [2.24, 2.45) is 0 Å². The number of nitrogen functional groups attached to an aromatic ring is 1. The van der Waals surface area contributed by atoms with Crippen molar-refractivity contribution in [3.63, 3.8) is 0 Å². The van der Waals surface area contributed by atoms with E-state index in [2.05, 4.69) is 39.9 Å². The van der Waals surface area contributed by atoms with Crippen LogP contribution in [0.1, 0.15) is 11.8 Å². The molecule has 0 aromatic carbocycles. The van der Waals surface area contributed by atoms with Crippen molar-refractivity contribution in [3.8, 4) is 11.2 Å². The van der Waals surface area contributed by atoms with Gasteiger partial charge in [0, 0.05) is 6.20 Å². The SMILES string of the molecule is CS(C)(C)C#Cc1cn(C2OC(CO)C(O)C2O)c2ncnc(N)c12. The van der Waals surface area contributed by atoms with Crippen LogP contribution in [-0.2, 0) is 4.74 Å². The van der Waals surface area contributed by atoms with Gasteiger partial charge in [0.1, 0.15) is 36.1 Å². The summed E-state index contributed by atoms with van der Waals surface area (Å²) in [6.07, 6.45) is 5.06. The molecule has 3 rings (SSSR count). The molecule has 0 spiro atoms. The van der Waals surface area contributed by atoms with E-state index in [4.69, 9.17) is 10.5 Å². The number of aromatic nitrogens is 3. The van der Waals surface area contributed by atoms with Gasteiger partial charge in [0.25, 0.3) is 0 Å². The molecule has 2 aromatic rings. The van der Waals surface area contributed by atoms with E-state index in [0.717, 1.165) is 0 Å². The lowest BCUT2D eigenvalue weighted by Crippen LogP contribution is -2.33. The summed E-state index contributed by atoms with van der Waals surface area (Å²) in [4.78, 5) is 8.25. The number of ether oxygens (including phenoxy) is 1. The van der Waals surface area contributed by atoms with E-state index < -0.39 is 41.2 Å². The van der Waals surface area contributed by atoms with Crippen LogP contribution >= 0.6 is 10.0 Å². The maximum Gasteiger partial charge on any atom is 0.164 e. The minimum Gasteiger partial charge on any atom is -0.394 e. The van der Waals surface area contributed by atoms with Gasteiger partial charge in [-0.25, -0.2) is 9.97 Å². The highest BCUT2D eigenvalue weighted by atomic mass is 32.3. The average molecular weight is 366 g/mol. The van der Waals surface area contributed by atoms with Gasteiger partial charge in [-0.3, -0.25) is 0 Å². The molecule has 136 valence electrons. The lowest BCUT2D eigenvalue weighted by atomic mass is 10.1. The molecule has 25 heavy (non-hydrogen) atoms. The van der Waals surface area contributed by atoms with E-state index in [0.29, 0.717) is 16.6 Å². The van der Waals surface area contributed by atoms with Crippen molar-refractivity contribution >= 4 is 26.9 Å². The molecule has 3 heterocycles. The number of aliphatic hydroxyl groups is 3. The fraction of sp³-hybridized carbons (Fsp3) is 0.500. The van der Waals surface area contributed by atoms with Crippen LogP contribution in [0.2, 0.25) is 0 Å². The number of hydrogen-bond donors (Lipinski definition) is 4. The summed E-state index contributed by atoms with van der Waals surface area (Å²) < 4.78 is 7.18. The van der Waals surface area contributed by atoms with Gasteiger partial charge in [0.15, 0.2) is 6.23 Å². The van der Waals surface area contributed by atoms with Crippen molar-refractivity contribution in [1.82, 2.24) is 14.5 Å². The molecule has 0 amide bonds. The molecule has 1 saturated heterocycles. The molecule has 2 aromatic heterocycles. The summed E-state index contributed by atoms with van der Waals surface area (Å²) in [6, 6.07) is 0. The first-order chi connectivity index (χ1) is 11.7. The molecule has 0 saturated carbocycles. The molecule has 1 aliphatic rings. The Hall–Kier alpha value is -1.83. The second kappa shape index (κ2) is 6.48. The standard InChI is InChI=1S/C16H22N4O4S/c1-25(2,3)5-4-9-6-20(15-11(9)14(17)18-8-19-15)16-13(23)12(22)10(7-21)24-16/h6,8,10,12-13,16,21-23H,7H2,1-3H3,(H2,17,18,19). The van der Waals surface area contributed by atoms with E-state index in [9.17, 15) is 15.3 Å². The number of rotatable bonds is 2. The number of hydrogen-bond acceptors (Lipinski definition) is 7. The minimum atomic E-state index is -1.21. The predicted molar refractivity (Wildman–Crippen MR) is 97.2 cm³/mol. The third-order valence-corrected chi connectivity index (χ3v) is 4.64. The number of nitrogens with two attached hydrogens (primary N) is 1. The van der Waals surface area contributed by atoms with Crippen LogP contribution in [0.5, 0.6) is 0 Å². The first kappa shape index (κ1) is 18.0. The quantitative estimate of drug-likeness (QED) is 0.534. The van der Waals surface area contributed by atoms with Crippen LogP contribution in [-0.4, -0.2) is 73.5 Å². The van der Waals surface area contributed by atoms with Gasteiger partial charge >= 0.3 is 0 Å². The van der Waals surface area contributed by atoms with Gasteiger partial charge in [0.2, 0.25) is 0 Å². The zero-order chi connectivity index (χ0) is 18.4. The van der Waals surface area contributed by atoms with Crippen LogP contribution in [0.4, 0.5) is 5.82 Å². The average Bonchev–Trinajstić information content (AvgIpc) is 3.05. The number of aliphatic hydroxyl groups excluding tert-OH is 3. The largest absolute Gasteiger partial charge is 0.394 e. The van der Waals surface area contributed by atoms with E-state index in [1.807, 2.05) is 0 Å². The van der Waals surface area contributed by atoms with Crippen molar-refractivity contribution in [2.75, 3.05) is 31.1 Å². The van der Waals surface area contributed by atoms with Crippen LogP contribution < -0.4 is 5.73 Å². The lowest BCUT2D eigenvalue weighted by molar-refractivity contribution is -0.0508. The Balaban J connectivity index is 2.14.